The van der Waals surface area contributed by atoms with Gasteiger partial charge in [0, 0.05) is 22.1 Å². The van der Waals surface area contributed by atoms with E-state index in [-0.39, 0.29) is 10.5 Å². The molecular formula is C18H23ClN2O4S2. The number of hydrogen-bond acceptors (Lipinski definition) is 5. The van der Waals surface area contributed by atoms with Crippen LogP contribution in [0.1, 0.15) is 25.7 Å². The first kappa shape index (κ1) is 21.5. The normalized spacial score (nSPS) is 16.2. The van der Waals surface area contributed by atoms with Crippen LogP contribution >= 0.6 is 10.7 Å². The standard InChI is InChI=1S/C9H11NO2S.C6H7N.C3H5ClO2S/c11-13(12,9-6-7-9)10-8-4-2-1-3-5-8;7-6-4-2-1-3-5-6;4-7(5,6)3-1-2-3/h1-5,9-10H,6-7H2;1-5H,7H2;3H,1-2H2. The van der Waals surface area contributed by atoms with Crippen molar-refractivity contribution in [3.05, 3.63) is 60.7 Å². The maximum absolute atomic E-state index is 11.5. The highest BCUT2D eigenvalue weighted by Gasteiger charge is 2.35. The van der Waals surface area contributed by atoms with Gasteiger partial charge in [0.1, 0.15) is 0 Å². The summed E-state index contributed by atoms with van der Waals surface area (Å²) < 4.78 is 45.8. The van der Waals surface area contributed by atoms with Gasteiger partial charge >= 0.3 is 0 Å². The summed E-state index contributed by atoms with van der Waals surface area (Å²) in [6.45, 7) is 0. The fourth-order valence-corrected chi connectivity index (χ4v) is 4.56. The van der Waals surface area contributed by atoms with Crippen LogP contribution in [0.2, 0.25) is 0 Å². The molecule has 0 amide bonds. The molecule has 0 aromatic heterocycles. The molecule has 0 spiro atoms. The molecule has 27 heavy (non-hydrogen) atoms. The first-order chi connectivity index (χ1) is 12.7. The number of benzene rings is 2. The lowest BCUT2D eigenvalue weighted by Crippen LogP contribution is -2.17. The first-order valence-electron chi connectivity index (χ1n) is 8.49. The van der Waals surface area contributed by atoms with Gasteiger partial charge in [0.25, 0.3) is 0 Å². The van der Waals surface area contributed by atoms with E-state index in [1.165, 1.54) is 0 Å². The van der Waals surface area contributed by atoms with E-state index in [1.807, 2.05) is 48.5 Å². The number of nitrogen functional groups attached to an aromatic ring is 1. The van der Waals surface area contributed by atoms with Gasteiger partial charge in [-0.15, -0.1) is 0 Å². The Hall–Kier alpha value is -1.77. The van der Waals surface area contributed by atoms with Crippen LogP contribution in [-0.2, 0) is 19.1 Å². The molecular weight excluding hydrogens is 408 g/mol. The van der Waals surface area contributed by atoms with Gasteiger partial charge in [-0.3, -0.25) is 4.72 Å². The number of rotatable bonds is 4. The molecule has 2 aromatic rings. The summed E-state index contributed by atoms with van der Waals surface area (Å²) in [6.07, 6.45) is 3.10. The fraction of sp³-hybridized carbons (Fsp3) is 0.333. The van der Waals surface area contributed by atoms with Gasteiger partial charge in [0.15, 0.2) is 0 Å². The largest absolute Gasteiger partial charge is 0.399 e. The average Bonchev–Trinajstić information content (AvgIpc) is 3.49. The zero-order chi connectivity index (χ0) is 19.9. The van der Waals surface area contributed by atoms with E-state index < -0.39 is 19.1 Å². The summed E-state index contributed by atoms with van der Waals surface area (Å²) in [6, 6.07) is 18.5. The minimum absolute atomic E-state index is 0.160. The predicted octanol–water partition coefficient (Wildman–Crippen LogP) is 3.58. The Morgan fingerprint density at radius 1 is 0.778 bits per heavy atom. The number of para-hydroxylation sites is 2. The van der Waals surface area contributed by atoms with Crippen molar-refractivity contribution in [3.63, 3.8) is 0 Å². The van der Waals surface area contributed by atoms with Crippen LogP contribution in [0.4, 0.5) is 11.4 Å². The van der Waals surface area contributed by atoms with E-state index in [9.17, 15) is 16.8 Å². The number of hydrogen-bond donors (Lipinski definition) is 2. The third-order valence-electron chi connectivity index (χ3n) is 3.72. The number of nitrogens with one attached hydrogen (secondary N) is 1. The van der Waals surface area contributed by atoms with Gasteiger partial charge in [0.05, 0.1) is 10.5 Å². The topological polar surface area (TPSA) is 106 Å². The molecule has 2 aromatic carbocycles. The summed E-state index contributed by atoms with van der Waals surface area (Å²) >= 11 is 0. The molecule has 2 aliphatic carbocycles. The smallest absolute Gasteiger partial charge is 0.235 e. The van der Waals surface area contributed by atoms with Crippen molar-refractivity contribution in [1.29, 1.82) is 0 Å². The molecule has 0 atom stereocenters. The Morgan fingerprint density at radius 2 is 1.22 bits per heavy atom. The summed E-state index contributed by atoms with van der Waals surface area (Å²) in [5.41, 5.74) is 6.83. The Kier molecular flexibility index (Phi) is 7.52. The molecule has 0 bridgehead atoms. The first-order valence-corrected chi connectivity index (χ1v) is 12.4. The van der Waals surface area contributed by atoms with Crippen molar-refractivity contribution in [3.8, 4) is 0 Å². The highest BCUT2D eigenvalue weighted by atomic mass is 35.7. The second-order valence-corrected chi connectivity index (χ2v) is 11.2. The van der Waals surface area contributed by atoms with E-state index in [1.54, 1.807) is 12.1 Å². The quantitative estimate of drug-likeness (QED) is 0.569. The van der Waals surface area contributed by atoms with Crippen LogP contribution in [0.3, 0.4) is 0 Å². The van der Waals surface area contributed by atoms with Gasteiger partial charge in [-0.25, -0.2) is 16.8 Å². The van der Waals surface area contributed by atoms with Crippen molar-refractivity contribution in [2.45, 2.75) is 36.2 Å². The lowest BCUT2D eigenvalue weighted by molar-refractivity contribution is 0.599. The van der Waals surface area contributed by atoms with Gasteiger partial charge < -0.3 is 5.73 Å². The Balaban J connectivity index is 0.000000159. The van der Waals surface area contributed by atoms with Crippen LogP contribution in [0.15, 0.2) is 60.7 Å². The lowest BCUT2D eigenvalue weighted by Gasteiger charge is -2.05. The summed E-state index contributed by atoms with van der Waals surface area (Å²) in [5.74, 6) is 0. The van der Waals surface area contributed by atoms with Crippen molar-refractivity contribution < 1.29 is 16.8 Å². The SMILES string of the molecule is Nc1ccccc1.O=S(=O)(Cl)C1CC1.O=S(=O)(Nc1ccccc1)C1CC1. The van der Waals surface area contributed by atoms with Crippen molar-refractivity contribution in [2.75, 3.05) is 10.5 Å². The van der Waals surface area contributed by atoms with Gasteiger partial charge in [-0.2, -0.15) is 0 Å². The number of anilines is 2. The van der Waals surface area contributed by atoms with Gasteiger partial charge in [-0.05, 0) is 49.9 Å². The van der Waals surface area contributed by atoms with Crippen molar-refractivity contribution >= 4 is 41.1 Å². The van der Waals surface area contributed by atoms with Gasteiger partial charge in [0.2, 0.25) is 19.1 Å². The van der Waals surface area contributed by atoms with Crippen LogP contribution in [0.25, 0.3) is 0 Å². The number of halogens is 1. The highest BCUT2D eigenvalue weighted by molar-refractivity contribution is 8.14. The third kappa shape index (κ3) is 8.64. The maximum atomic E-state index is 11.5. The van der Waals surface area contributed by atoms with E-state index in [4.69, 9.17) is 16.4 Å². The minimum atomic E-state index is -3.16. The molecule has 0 radical (unpaired) electrons. The zero-order valence-corrected chi connectivity index (χ0v) is 17.1. The molecule has 2 saturated carbocycles. The average molecular weight is 431 g/mol. The van der Waals surface area contributed by atoms with Crippen LogP contribution < -0.4 is 10.5 Å². The van der Waals surface area contributed by atoms with Crippen molar-refractivity contribution in [2.24, 2.45) is 0 Å². The van der Waals surface area contributed by atoms with Crippen LogP contribution in [0.5, 0.6) is 0 Å². The molecule has 0 aliphatic heterocycles. The second-order valence-electron chi connectivity index (χ2n) is 6.30. The Labute approximate surface area is 165 Å². The molecule has 3 N–H and O–H groups in total. The fourth-order valence-electron chi connectivity index (χ4n) is 1.93. The molecule has 6 nitrogen and oxygen atoms in total. The predicted molar refractivity (Wildman–Crippen MR) is 111 cm³/mol. The third-order valence-corrected chi connectivity index (χ3v) is 7.61. The molecule has 2 aliphatic rings. The molecule has 9 heteroatoms. The summed E-state index contributed by atoms with van der Waals surface area (Å²) in [7, 11) is -1.34. The maximum Gasteiger partial charge on any atom is 0.235 e. The molecule has 148 valence electrons. The van der Waals surface area contributed by atoms with Gasteiger partial charge in [-0.1, -0.05) is 36.4 Å². The number of nitrogens with two attached hydrogens (primary N) is 1. The monoisotopic (exact) mass is 430 g/mol. The molecule has 2 fully saturated rings. The van der Waals surface area contributed by atoms with Crippen molar-refractivity contribution in [1.82, 2.24) is 0 Å². The molecule has 0 saturated heterocycles. The summed E-state index contributed by atoms with van der Waals surface area (Å²) in [4.78, 5) is 0. The Morgan fingerprint density at radius 3 is 1.52 bits per heavy atom. The molecule has 0 heterocycles. The summed E-state index contributed by atoms with van der Waals surface area (Å²) in [5, 5.41) is -0.373. The van der Waals surface area contributed by atoms with Crippen LogP contribution in [0, 0.1) is 0 Å². The van der Waals surface area contributed by atoms with E-state index in [0.717, 1.165) is 31.4 Å². The molecule has 4 rings (SSSR count). The Bertz CT molecular complexity index is 912. The second kappa shape index (κ2) is 9.43. The van der Waals surface area contributed by atoms with E-state index >= 15 is 0 Å². The minimum Gasteiger partial charge on any atom is -0.399 e. The highest BCUT2D eigenvalue weighted by Crippen LogP contribution is 2.30. The molecule has 0 unspecified atom stereocenters. The van der Waals surface area contributed by atoms with E-state index in [0.29, 0.717) is 5.69 Å². The number of sulfonamides is 1. The lowest BCUT2D eigenvalue weighted by atomic mass is 10.3. The zero-order valence-electron chi connectivity index (χ0n) is 14.7. The van der Waals surface area contributed by atoms with E-state index in [2.05, 4.69) is 4.72 Å². The van der Waals surface area contributed by atoms with Crippen LogP contribution in [-0.4, -0.2) is 27.3 Å².